The summed E-state index contributed by atoms with van der Waals surface area (Å²) in [7, 11) is 0. The van der Waals surface area contributed by atoms with Crippen LogP contribution in [0.3, 0.4) is 0 Å². The Bertz CT molecular complexity index is 819. The smallest absolute Gasteiger partial charge is 0.172 e. The van der Waals surface area contributed by atoms with Crippen LogP contribution < -0.4 is 4.74 Å². The normalized spacial score (nSPS) is 17.2. The quantitative estimate of drug-likeness (QED) is 0.643. The number of carbonyl (C=O) groups excluding carboxylic acids is 1. The highest BCUT2D eigenvalue weighted by atomic mass is 32.1. The second kappa shape index (κ2) is 5.01. The molecule has 1 aromatic heterocycles. The number of para-hydroxylation sites is 1. The van der Waals surface area contributed by atoms with Crippen molar-refractivity contribution in [2.24, 2.45) is 0 Å². The Balaban J connectivity index is 1.81. The van der Waals surface area contributed by atoms with E-state index in [-0.39, 0.29) is 11.7 Å². The fourth-order valence-electron chi connectivity index (χ4n) is 2.99. The van der Waals surface area contributed by atoms with E-state index in [1.54, 1.807) is 11.3 Å². The van der Waals surface area contributed by atoms with Gasteiger partial charge in [-0.25, -0.2) is 0 Å². The van der Waals surface area contributed by atoms with Crippen LogP contribution in [-0.4, -0.2) is 12.4 Å². The third-order valence-electron chi connectivity index (χ3n) is 4.02. The van der Waals surface area contributed by atoms with E-state index in [0.717, 1.165) is 33.4 Å². The maximum Gasteiger partial charge on any atom is 0.172 e. The molecule has 1 unspecified atom stereocenters. The largest absolute Gasteiger partial charge is 0.493 e. The molecule has 0 saturated heterocycles. The average Bonchev–Trinajstić information content (AvgIpc) is 3.02. The summed E-state index contributed by atoms with van der Waals surface area (Å²) in [5, 5.41) is 3.19. The second-order valence-electron chi connectivity index (χ2n) is 5.24. The molecule has 0 fully saturated rings. The van der Waals surface area contributed by atoms with Gasteiger partial charge in [0.25, 0.3) is 0 Å². The van der Waals surface area contributed by atoms with Gasteiger partial charge in [0.1, 0.15) is 5.75 Å². The van der Waals surface area contributed by atoms with Crippen molar-refractivity contribution in [1.29, 1.82) is 0 Å². The summed E-state index contributed by atoms with van der Waals surface area (Å²) in [4.78, 5) is 13.0. The predicted molar refractivity (Wildman–Crippen MR) is 85.5 cm³/mol. The number of ether oxygens (including phenoxy) is 1. The molecule has 3 heteroatoms. The number of hydrogen-bond donors (Lipinski definition) is 0. The number of rotatable bonds is 2. The van der Waals surface area contributed by atoms with E-state index in [2.05, 4.69) is 12.1 Å². The summed E-state index contributed by atoms with van der Waals surface area (Å²) in [5.74, 6) is 0.960. The van der Waals surface area contributed by atoms with Crippen LogP contribution >= 0.6 is 11.3 Å². The van der Waals surface area contributed by atoms with Crippen LogP contribution in [0.15, 0.2) is 53.9 Å². The lowest BCUT2D eigenvalue weighted by molar-refractivity contribution is 0.0935. The van der Waals surface area contributed by atoms with Crippen LogP contribution in [0.1, 0.15) is 28.3 Å². The number of ketones is 1. The van der Waals surface area contributed by atoms with Crippen molar-refractivity contribution >= 4 is 27.2 Å². The highest BCUT2D eigenvalue weighted by Gasteiger charge is 2.29. The molecule has 0 aliphatic carbocycles. The maximum atomic E-state index is 13.0. The minimum absolute atomic E-state index is 0.0948. The molecule has 2 heterocycles. The lowest BCUT2D eigenvalue weighted by Gasteiger charge is -2.25. The van der Waals surface area contributed by atoms with Gasteiger partial charge in [-0.1, -0.05) is 30.3 Å². The molecule has 0 radical (unpaired) electrons. The van der Waals surface area contributed by atoms with Crippen molar-refractivity contribution < 1.29 is 9.53 Å². The first-order valence-corrected chi connectivity index (χ1v) is 7.95. The first kappa shape index (κ1) is 12.6. The van der Waals surface area contributed by atoms with Gasteiger partial charge in [0.05, 0.1) is 12.5 Å². The minimum atomic E-state index is -0.0948. The molecule has 2 aromatic carbocycles. The molecule has 4 rings (SSSR count). The van der Waals surface area contributed by atoms with E-state index in [9.17, 15) is 4.79 Å². The third kappa shape index (κ3) is 2.05. The summed E-state index contributed by atoms with van der Waals surface area (Å²) >= 11 is 1.64. The molecule has 21 heavy (non-hydrogen) atoms. The summed E-state index contributed by atoms with van der Waals surface area (Å²) < 4.78 is 6.75. The average molecular weight is 294 g/mol. The Morgan fingerprint density at radius 3 is 2.95 bits per heavy atom. The Hall–Kier alpha value is -2.13. The van der Waals surface area contributed by atoms with Crippen molar-refractivity contribution in [1.82, 2.24) is 0 Å². The lowest BCUT2D eigenvalue weighted by Crippen LogP contribution is -2.21. The molecule has 0 spiro atoms. The van der Waals surface area contributed by atoms with Crippen LogP contribution in [0.4, 0.5) is 0 Å². The number of benzene rings is 2. The molecular formula is C18H14O2S. The minimum Gasteiger partial charge on any atom is -0.493 e. The first-order chi connectivity index (χ1) is 10.3. The zero-order chi connectivity index (χ0) is 14.2. The molecule has 0 N–H and O–H groups in total. The van der Waals surface area contributed by atoms with Gasteiger partial charge in [0.2, 0.25) is 0 Å². The van der Waals surface area contributed by atoms with Crippen molar-refractivity contribution in [2.45, 2.75) is 12.3 Å². The van der Waals surface area contributed by atoms with Gasteiger partial charge in [0, 0.05) is 15.8 Å². The molecule has 104 valence electrons. The topological polar surface area (TPSA) is 26.3 Å². The van der Waals surface area contributed by atoms with E-state index in [1.165, 1.54) is 0 Å². The van der Waals surface area contributed by atoms with E-state index >= 15 is 0 Å². The Morgan fingerprint density at radius 1 is 1.10 bits per heavy atom. The number of carbonyl (C=O) groups is 1. The van der Waals surface area contributed by atoms with Crippen LogP contribution in [-0.2, 0) is 0 Å². The van der Waals surface area contributed by atoms with Crippen molar-refractivity contribution in [2.75, 3.05) is 6.61 Å². The number of hydrogen-bond acceptors (Lipinski definition) is 3. The molecule has 2 nitrogen and oxygen atoms in total. The van der Waals surface area contributed by atoms with Gasteiger partial charge >= 0.3 is 0 Å². The second-order valence-corrected chi connectivity index (χ2v) is 6.15. The number of fused-ring (bicyclic) bond motifs is 2. The fourth-order valence-corrected chi connectivity index (χ4v) is 3.91. The summed E-state index contributed by atoms with van der Waals surface area (Å²) in [6.45, 7) is 0.605. The maximum absolute atomic E-state index is 13.0. The molecule has 1 atom stereocenters. The highest BCUT2D eigenvalue weighted by Crippen LogP contribution is 2.37. The standard InChI is InChI=1S/C18H14O2S/c19-17(15-6-3-4-12-9-11-21-18(12)15)14-8-10-20-16-7-2-1-5-13(14)16/h1-7,9,11,14H,8,10H2. The Kier molecular flexibility index (Phi) is 3.00. The van der Waals surface area contributed by atoms with Crippen LogP contribution in [0.5, 0.6) is 5.75 Å². The van der Waals surface area contributed by atoms with Gasteiger partial charge in [0.15, 0.2) is 5.78 Å². The summed E-state index contributed by atoms with van der Waals surface area (Å²) in [5.41, 5.74) is 1.85. The van der Waals surface area contributed by atoms with Crippen LogP contribution in [0.25, 0.3) is 10.1 Å². The molecule has 0 amide bonds. The van der Waals surface area contributed by atoms with E-state index in [0.29, 0.717) is 6.61 Å². The Morgan fingerprint density at radius 2 is 2.00 bits per heavy atom. The van der Waals surface area contributed by atoms with Crippen molar-refractivity contribution in [3.05, 3.63) is 65.0 Å². The molecule has 0 saturated carbocycles. The van der Waals surface area contributed by atoms with Gasteiger partial charge in [-0.05, 0) is 35.4 Å². The molecule has 1 aliphatic rings. The van der Waals surface area contributed by atoms with E-state index < -0.39 is 0 Å². The number of thiophene rings is 1. The van der Waals surface area contributed by atoms with E-state index in [1.807, 2.05) is 41.8 Å². The SMILES string of the molecule is O=C(c1cccc2ccsc12)C1CCOc2ccccc21. The van der Waals surface area contributed by atoms with E-state index in [4.69, 9.17) is 4.74 Å². The van der Waals surface area contributed by atoms with Gasteiger partial charge in [-0.3, -0.25) is 4.79 Å². The lowest BCUT2D eigenvalue weighted by atomic mass is 9.86. The molecule has 3 aromatic rings. The monoisotopic (exact) mass is 294 g/mol. The van der Waals surface area contributed by atoms with Crippen molar-refractivity contribution in [3.8, 4) is 5.75 Å². The third-order valence-corrected chi connectivity index (χ3v) is 4.98. The van der Waals surface area contributed by atoms with Crippen molar-refractivity contribution in [3.63, 3.8) is 0 Å². The first-order valence-electron chi connectivity index (χ1n) is 7.07. The highest BCUT2D eigenvalue weighted by molar-refractivity contribution is 7.17. The summed E-state index contributed by atoms with van der Waals surface area (Å²) in [6, 6.07) is 15.9. The van der Waals surface area contributed by atoms with Crippen LogP contribution in [0, 0.1) is 0 Å². The predicted octanol–water partition coefficient (Wildman–Crippen LogP) is 4.65. The van der Waals surface area contributed by atoms with Gasteiger partial charge in [-0.2, -0.15) is 0 Å². The zero-order valence-corrected chi connectivity index (χ0v) is 12.2. The zero-order valence-electron chi connectivity index (χ0n) is 11.4. The number of Topliss-reactive ketones (excluding diaryl/α,β-unsaturated/α-hetero) is 1. The van der Waals surface area contributed by atoms with Gasteiger partial charge < -0.3 is 4.74 Å². The molecule has 0 bridgehead atoms. The molecule has 1 aliphatic heterocycles. The molecular weight excluding hydrogens is 280 g/mol. The Labute approximate surface area is 127 Å². The van der Waals surface area contributed by atoms with Crippen LogP contribution in [0.2, 0.25) is 0 Å². The summed E-state index contributed by atoms with van der Waals surface area (Å²) in [6.07, 6.45) is 0.748. The van der Waals surface area contributed by atoms with Gasteiger partial charge in [-0.15, -0.1) is 11.3 Å². The fraction of sp³-hybridized carbons (Fsp3) is 0.167.